The van der Waals surface area contributed by atoms with Crippen molar-refractivity contribution in [3.63, 3.8) is 0 Å². The Balaban J connectivity index is 3.08. The van der Waals surface area contributed by atoms with Crippen LogP contribution in [0.5, 0.6) is 0 Å². The minimum absolute atomic E-state index is 0.352. The lowest BCUT2D eigenvalue weighted by Crippen LogP contribution is -2.10. The topological polar surface area (TPSA) is 87.0 Å². The van der Waals surface area contributed by atoms with Gasteiger partial charge in [0.05, 0.1) is 0 Å². The van der Waals surface area contributed by atoms with Crippen LogP contribution in [0.1, 0.15) is 0 Å². The zero-order valence-corrected chi connectivity index (χ0v) is 4.39. The minimum atomic E-state index is -0.653. The van der Waals surface area contributed by atoms with Gasteiger partial charge >= 0.3 is 5.95 Å². The fraction of sp³-hybridized carbons (Fsp3) is 0. The summed E-state index contributed by atoms with van der Waals surface area (Å²) >= 11 is 0. The molecule has 0 atom stereocenters. The summed E-state index contributed by atoms with van der Waals surface area (Å²) < 4.78 is 0.847. The van der Waals surface area contributed by atoms with E-state index in [1.807, 2.05) is 0 Å². The Labute approximate surface area is 50.0 Å². The second-order valence-electron chi connectivity index (χ2n) is 1.39. The SMILES string of the molecule is Nn1ccnc1[N+](=O)[O-]. The third-order valence-corrected chi connectivity index (χ3v) is 0.812. The third-order valence-electron chi connectivity index (χ3n) is 0.812. The number of nitrogens with two attached hydrogens (primary N) is 1. The van der Waals surface area contributed by atoms with E-state index in [1.54, 1.807) is 0 Å². The Morgan fingerprint density at radius 1 is 1.89 bits per heavy atom. The van der Waals surface area contributed by atoms with Gasteiger partial charge in [-0.1, -0.05) is 4.98 Å². The van der Waals surface area contributed by atoms with Crippen molar-refractivity contribution in [3.8, 4) is 0 Å². The molecule has 0 bridgehead atoms. The van der Waals surface area contributed by atoms with Gasteiger partial charge in [-0.15, -0.1) is 4.68 Å². The number of nitrogen functional groups attached to an aromatic ring is 1. The largest absolute Gasteiger partial charge is 0.456 e. The fourth-order valence-electron chi connectivity index (χ4n) is 0.447. The van der Waals surface area contributed by atoms with E-state index < -0.39 is 4.92 Å². The molecule has 6 heteroatoms. The molecule has 0 fully saturated rings. The van der Waals surface area contributed by atoms with E-state index in [2.05, 4.69) is 4.98 Å². The maximum absolute atomic E-state index is 9.93. The normalized spacial score (nSPS) is 9.33. The molecule has 0 unspecified atom stereocenters. The van der Waals surface area contributed by atoms with Crippen molar-refractivity contribution >= 4 is 5.95 Å². The average molecular weight is 128 g/mol. The van der Waals surface area contributed by atoms with E-state index in [1.165, 1.54) is 12.4 Å². The van der Waals surface area contributed by atoms with Crippen molar-refractivity contribution in [2.24, 2.45) is 0 Å². The molecule has 1 rings (SSSR count). The van der Waals surface area contributed by atoms with Crippen molar-refractivity contribution in [2.45, 2.75) is 0 Å². The maximum Gasteiger partial charge on any atom is 0.456 e. The molecule has 48 valence electrons. The highest BCUT2D eigenvalue weighted by atomic mass is 16.6. The molecule has 1 aromatic rings. The molecule has 0 aliphatic carbocycles. The first-order valence-electron chi connectivity index (χ1n) is 2.14. The van der Waals surface area contributed by atoms with E-state index in [-0.39, 0.29) is 5.95 Å². The van der Waals surface area contributed by atoms with Crippen LogP contribution in [0.3, 0.4) is 0 Å². The van der Waals surface area contributed by atoms with E-state index >= 15 is 0 Å². The zero-order valence-electron chi connectivity index (χ0n) is 4.39. The van der Waals surface area contributed by atoms with Gasteiger partial charge < -0.3 is 10.1 Å². The maximum atomic E-state index is 9.93. The van der Waals surface area contributed by atoms with Crippen molar-refractivity contribution in [3.05, 3.63) is 22.5 Å². The number of aromatic nitrogens is 2. The highest BCUT2D eigenvalue weighted by Gasteiger charge is 2.09. The highest BCUT2D eigenvalue weighted by molar-refractivity contribution is 5.05. The van der Waals surface area contributed by atoms with E-state index in [0.29, 0.717) is 0 Å². The molecule has 6 nitrogen and oxygen atoms in total. The third kappa shape index (κ3) is 0.809. The van der Waals surface area contributed by atoms with Gasteiger partial charge in [0.15, 0.2) is 0 Å². The van der Waals surface area contributed by atoms with E-state index in [0.717, 1.165) is 4.68 Å². The summed E-state index contributed by atoms with van der Waals surface area (Å²) in [7, 11) is 0. The molecule has 1 aromatic heterocycles. The number of nitro groups is 1. The smallest absolute Gasteiger partial charge is 0.390 e. The lowest BCUT2D eigenvalue weighted by atomic mass is 11.0. The summed E-state index contributed by atoms with van der Waals surface area (Å²) in [5.74, 6) is 4.70. The molecule has 9 heavy (non-hydrogen) atoms. The van der Waals surface area contributed by atoms with Gasteiger partial charge in [-0.2, -0.15) is 0 Å². The number of rotatable bonds is 1. The molecule has 0 aromatic carbocycles. The molecule has 0 saturated carbocycles. The molecule has 0 saturated heterocycles. The van der Waals surface area contributed by atoms with Crippen LogP contribution < -0.4 is 5.84 Å². The first-order valence-corrected chi connectivity index (χ1v) is 2.14. The number of hydrogen-bond donors (Lipinski definition) is 1. The monoisotopic (exact) mass is 128 g/mol. The average Bonchev–Trinajstić information content (AvgIpc) is 2.13. The quantitative estimate of drug-likeness (QED) is 0.314. The van der Waals surface area contributed by atoms with Gasteiger partial charge in [0.1, 0.15) is 12.4 Å². The van der Waals surface area contributed by atoms with Gasteiger partial charge in [0.25, 0.3) is 0 Å². The van der Waals surface area contributed by atoms with Crippen LogP contribution in [0, 0.1) is 10.1 Å². The van der Waals surface area contributed by atoms with Crippen LogP contribution in [0.4, 0.5) is 5.95 Å². The molecule has 0 spiro atoms. The van der Waals surface area contributed by atoms with E-state index in [4.69, 9.17) is 5.84 Å². The molecule has 0 radical (unpaired) electrons. The van der Waals surface area contributed by atoms with Crippen LogP contribution in [0.15, 0.2) is 12.4 Å². The predicted molar refractivity (Wildman–Crippen MR) is 29.0 cm³/mol. The summed E-state index contributed by atoms with van der Waals surface area (Å²) in [6, 6.07) is 0. The Hall–Kier alpha value is -1.59. The summed E-state index contributed by atoms with van der Waals surface area (Å²) in [6.45, 7) is 0. The van der Waals surface area contributed by atoms with Crippen LogP contribution in [-0.4, -0.2) is 14.6 Å². The summed E-state index contributed by atoms with van der Waals surface area (Å²) in [6.07, 6.45) is 2.57. The second-order valence-corrected chi connectivity index (χ2v) is 1.39. The molecular weight excluding hydrogens is 124 g/mol. The summed E-state index contributed by atoms with van der Waals surface area (Å²) in [5.41, 5.74) is 0. The van der Waals surface area contributed by atoms with E-state index in [9.17, 15) is 10.1 Å². The van der Waals surface area contributed by atoms with Gasteiger partial charge in [-0.25, -0.2) is 0 Å². The molecule has 2 N–H and O–H groups in total. The molecule has 0 aliphatic heterocycles. The molecule has 1 heterocycles. The summed E-state index contributed by atoms with van der Waals surface area (Å²) in [4.78, 5) is 12.6. The number of imidazole rings is 1. The highest BCUT2D eigenvalue weighted by Crippen LogP contribution is 2.00. The Kier molecular flexibility index (Phi) is 1.07. The van der Waals surface area contributed by atoms with Crippen molar-refractivity contribution in [2.75, 3.05) is 5.84 Å². The minimum Gasteiger partial charge on any atom is -0.390 e. The summed E-state index contributed by atoms with van der Waals surface area (Å²) in [5, 5.41) is 9.93. The van der Waals surface area contributed by atoms with Crippen LogP contribution in [0.2, 0.25) is 0 Å². The van der Waals surface area contributed by atoms with Gasteiger partial charge in [0, 0.05) is 0 Å². The lowest BCUT2D eigenvalue weighted by Gasteiger charge is -1.90. The van der Waals surface area contributed by atoms with Crippen LogP contribution in [0.25, 0.3) is 0 Å². The number of hydrogen-bond acceptors (Lipinski definition) is 4. The van der Waals surface area contributed by atoms with Crippen molar-refractivity contribution in [1.82, 2.24) is 9.66 Å². The van der Waals surface area contributed by atoms with Crippen LogP contribution in [-0.2, 0) is 0 Å². The van der Waals surface area contributed by atoms with Crippen LogP contribution >= 0.6 is 0 Å². The predicted octanol–water partition coefficient (Wildman–Crippen LogP) is -0.495. The first kappa shape index (κ1) is 5.54. The first-order chi connectivity index (χ1) is 4.22. The zero-order chi connectivity index (χ0) is 6.85. The number of nitrogens with zero attached hydrogens (tertiary/aromatic N) is 3. The second kappa shape index (κ2) is 1.73. The van der Waals surface area contributed by atoms with Gasteiger partial charge in [0.2, 0.25) is 0 Å². The van der Waals surface area contributed by atoms with Gasteiger partial charge in [-0.3, -0.25) is 5.84 Å². The lowest BCUT2D eigenvalue weighted by molar-refractivity contribution is -0.396. The standard InChI is InChI=1S/C3H4N4O2/c4-6-2-1-5-3(6)7(8)9/h1-2H,4H2. The van der Waals surface area contributed by atoms with Crippen molar-refractivity contribution < 1.29 is 4.92 Å². The molecule has 0 amide bonds. The van der Waals surface area contributed by atoms with Crippen molar-refractivity contribution in [1.29, 1.82) is 0 Å². The molecular formula is C3H4N4O2. The molecule has 0 aliphatic rings. The fourth-order valence-corrected chi connectivity index (χ4v) is 0.447. The Morgan fingerprint density at radius 2 is 2.56 bits per heavy atom. The van der Waals surface area contributed by atoms with Gasteiger partial charge in [-0.05, 0) is 4.92 Å². The Bertz CT molecular complexity index is 229. The Morgan fingerprint density at radius 3 is 2.78 bits per heavy atom.